The standard InChI is InChI=1S/C18H15N3OS/c22-17-9-8-15(16-7-3-11-23-16)20-21(17)12-14-5-1-4-13-6-2-10-19-18(13)14/h1-7,10-11H,8-9,12H2. The zero-order chi connectivity index (χ0) is 15.6. The Morgan fingerprint density at radius 1 is 1.09 bits per heavy atom. The van der Waals surface area contributed by atoms with Crippen molar-refractivity contribution in [3.8, 4) is 0 Å². The van der Waals surface area contributed by atoms with E-state index < -0.39 is 0 Å². The predicted molar refractivity (Wildman–Crippen MR) is 92.4 cm³/mol. The summed E-state index contributed by atoms with van der Waals surface area (Å²) in [6, 6.07) is 14.1. The van der Waals surface area contributed by atoms with Crippen molar-refractivity contribution in [2.75, 3.05) is 0 Å². The maximum absolute atomic E-state index is 12.3. The second kappa shape index (κ2) is 5.93. The van der Waals surface area contributed by atoms with E-state index in [1.807, 2.05) is 41.8 Å². The van der Waals surface area contributed by atoms with Gasteiger partial charge in [-0.15, -0.1) is 11.3 Å². The van der Waals surface area contributed by atoms with E-state index in [1.165, 1.54) is 0 Å². The van der Waals surface area contributed by atoms with Crippen LogP contribution < -0.4 is 0 Å². The molecule has 1 amide bonds. The van der Waals surface area contributed by atoms with Crippen LogP contribution in [0.15, 0.2) is 59.1 Å². The normalized spacial score (nSPS) is 15.0. The third-order valence-electron chi connectivity index (χ3n) is 3.95. The zero-order valence-corrected chi connectivity index (χ0v) is 13.3. The van der Waals surface area contributed by atoms with E-state index in [4.69, 9.17) is 0 Å². The van der Waals surface area contributed by atoms with Gasteiger partial charge in [-0.1, -0.05) is 30.3 Å². The first-order valence-corrected chi connectivity index (χ1v) is 8.43. The molecule has 0 radical (unpaired) electrons. The van der Waals surface area contributed by atoms with Crippen LogP contribution in [0, 0.1) is 0 Å². The summed E-state index contributed by atoms with van der Waals surface area (Å²) in [6.07, 6.45) is 3.00. The Morgan fingerprint density at radius 2 is 2.00 bits per heavy atom. The molecule has 3 aromatic rings. The number of benzene rings is 1. The van der Waals surface area contributed by atoms with Crippen LogP contribution in [0.1, 0.15) is 23.3 Å². The molecule has 1 aromatic carbocycles. The van der Waals surface area contributed by atoms with E-state index in [0.717, 1.165) is 27.1 Å². The minimum atomic E-state index is 0.0678. The molecule has 0 fully saturated rings. The van der Waals surface area contributed by atoms with Crippen molar-refractivity contribution < 1.29 is 4.79 Å². The number of hydrogen-bond donors (Lipinski definition) is 0. The fourth-order valence-electron chi connectivity index (χ4n) is 2.80. The quantitative estimate of drug-likeness (QED) is 0.736. The SMILES string of the molecule is O=C1CCC(c2cccs2)=NN1Cc1cccc2cccnc12. The van der Waals surface area contributed by atoms with Gasteiger partial charge in [-0.05, 0) is 23.1 Å². The summed E-state index contributed by atoms with van der Waals surface area (Å²) in [4.78, 5) is 17.8. The number of thiophene rings is 1. The molecule has 0 saturated heterocycles. The molecule has 0 aliphatic carbocycles. The third-order valence-corrected chi connectivity index (χ3v) is 4.87. The molecular weight excluding hydrogens is 306 g/mol. The van der Waals surface area contributed by atoms with E-state index in [9.17, 15) is 4.79 Å². The van der Waals surface area contributed by atoms with Crippen LogP contribution in [0.2, 0.25) is 0 Å². The smallest absolute Gasteiger partial charge is 0.243 e. The zero-order valence-electron chi connectivity index (χ0n) is 12.5. The van der Waals surface area contributed by atoms with Crippen molar-refractivity contribution in [2.24, 2.45) is 5.10 Å². The molecular formula is C18H15N3OS. The molecule has 0 spiro atoms. The number of amides is 1. The molecule has 114 valence electrons. The number of nitrogens with zero attached hydrogens (tertiary/aromatic N) is 3. The van der Waals surface area contributed by atoms with Crippen molar-refractivity contribution in [1.29, 1.82) is 0 Å². The van der Waals surface area contributed by atoms with E-state index in [2.05, 4.69) is 16.2 Å². The van der Waals surface area contributed by atoms with Gasteiger partial charge in [0, 0.05) is 24.4 Å². The molecule has 0 saturated carbocycles. The second-order valence-corrected chi connectivity index (χ2v) is 6.42. The monoisotopic (exact) mass is 321 g/mol. The Hall–Kier alpha value is -2.53. The van der Waals surface area contributed by atoms with Crippen LogP contribution >= 0.6 is 11.3 Å². The maximum atomic E-state index is 12.3. The fourth-order valence-corrected chi connectivity index (χ4v) is 3.54. The predicted octanol–water partition coefficient (Wildman–Crippen LogP) is 3.82. The van der Waals surface area contributed by atoms with Gasteiger partial charge in [-0.25, -0.2) is 5.01 Å². The first kappa shape index (κ1) is 14.1. The Morgan fingerprint density at radius 3 is 2.87 bits per heavy atom. The van der Waals surface area contributed by atoms with Gasteiger partial charge in [0.1, 0.15) is 0 Å². The number of hydrazone groups is 1. The van der Waals surface area contributed by atoms with Gasteiger partial charge in [-0.3, -0.25) is 9.78 Å². The number of fused-ring (bicyclic) bond motifs is 1. The van der Waals surface area contributed by atoms with Gasteiger partial charge >= 0.3 is 0 Å². The van der Waals surface area contributed by atoms with E-state index in [0.29, 0.717) is 19.4 Å². The van der Waals surface area contributed by atoms with E-state index in [-0.39, 0.29) is 5.91 Å². The fraction of sp³-hybridized carbons (Fsp3) is 0.167. The maximum Gasteiger partial charge on any atom is 0.243 e. The molecule has 1 aliphatic rings. The topological polar surface area (TPSA) is 45.6 Å². The number of carbonyl (C=O) groups excluding carboxylic acids is 1. The molecule has 0 N–H and O–H groups in total. The van der Waals surface area contributed by atoms with Crippen molar-refractivity contribution in [3.05, 3.63) is 64.5 Å². The summed E-state index contributed by atoms with van der Waals surface area (Å²) in [6.45, 7) is 0.460. The van der Waals surface area contributed by atoms with E-state index in [1.54, 1.807) is 22.5 Å². The van der Waals surface area contributed by atoms with Crippen LogP contribution in [-0.2, 0) is 11.3 Å². The van der Waals surface area contributed by atoms with Gasteiger partial charge in [0.2, 0.25) is 5.91 Å². The van der Waals surface area contributed by atoms with Crippen molar-refractivity contribution in [2.45, 2.75) is 19.4 Å². The highest BCUT2D eigenvalue weighted by Gasteiger charge is 2.22. The summed E-state index contributed by atoms with van der Waals surface area (Å²) in [5.41, 5.74) is 2.95. The summed E-state index contributed by atoms with van der Waals surface area (Å²) < 4.78 is 0. The molecule has 4 nitrogen and oxygen atoms in total. The van der Waals surface area contributed by atoms with Crippen molar-refractivity contribution >= 4 is 33.9 Å². The number of hydrogen-bond acceptors (Lipinski definition) is 4. The summed E-state index contributed by atoms with van der Waals surface area (Å²) in [5.74, 6) is 0.0678. The van der Waals surface area contributed by atoms with E-state index >= 15 is 0 Å². The number of aromatic nitrogens is 1. The largest absolute Gasteiger partial charge is 0.273 e. The summed E-state index contributed by atoms with van der Waals surface area (Å²) in [7, 11) is 0. The highest BCUT2D eigenvalue weighted by molar-refractivity contribution is 7.12. The first-order chi connectivity index (χ1) is 11.3. The molecule has 23 heavy (non-hydrogen) atoms. The number of carbonyl (C=O) groups is 1. The molecule has 3 heterocycles. The molecule has 0 bridgehead atoms. The van der Waals surface area contributed by atoms with Gasteiger partial charge in [0.25, 0.3) is 0 Å². The number of pyridine rings is 1. The Bertz CT molecular complexity index is 881. The van der Waals surface area contributed by atoms with Crippen LogP contribution in [0.3, 0.4) is 0 Å². The second-order valence-electron chi connectivity index (χ2n) is 5.47. The third kappa shape index (κ3) is 2.75. The lowest BCUT2D eigenvalue weighted by Gasteiger charge is -2.23. The van der Waals surface area contributed by atoms with Crippen LogP contribution in [0.4, 0.5) is 0 Å². The Balaban J connectivity index is 1.69. The minimum absolute atomic E-state index is 0.0678. The summed E-state index contributed by atoms with van der Waals surface area (Å²) in [5, 5.41) is 9.29. The molecule has 0 unspecified atom stereocenters. The van der Waals surface area contributed by atoms with Gasteiger partial charge < -0.3 is 0 Å². The first-order valence-electron chi connectivity index (χ1n) is 7.55. The summed E-state index contributed by atoms with van der Waals surface area (Å²) >= 11 is 1.66. The molecule has 5 heteroatoms. The molecule has 1 aliphatic heterocycles. The van der Waals surface area contributed by atoms with Crippen molar-refractivity contribution in [3.63, 3.8) is 0 Å². The van der Waals surface area contributed by atoms with Gasteiger partial charge in [-0.2, -0.15) is 5.10 Å². The Kier molecular flexibility index (Phi) is 3.63. The molecule has 2 aromatic heterocycles. The lowest BCUT2D eigenvalue weighted by molar-refractivity contribution is -0.132. The van der Waals surface area contributed by atoms with Crippen LogP contribution in [0.5, 0.6) is 0 Å². The lowest BCUT2D eigenvalue weighted by atomic mass is 10.1. The minimum Gasteiger partial charge on any atom is -0.273 e. The average Bonchev–Trinajstić information content (AvgIpc) is 3.12. The number of para-hydroxylation sites is 1. The lowest BCUT2D eigenvalue weighted by Crippen LogP contribution is -2.31. The Labute approximate surface area is 138 Å². The molecule has 0 atom stereocenters. The average molecular weight is 321 g/mol. The highest BCUT2D eigenvalue weighted by Crippen LogP contribution is 2.23. The molecule has 4 rings (SSSR count). The van der Waals surface area contributed by atoms with Gasteiger partial charge in [0.15, 0.2) is 0 Å². The van der Waals surface area contributed by atoms with Crippen LogP contribution in [0.25, 0.3) is 10.9 Å². The van der Waals surface area contributed by atoms with Crippen molar-refractivity contribution in [1.82, 2.24) is 9.99 Å². The van der Waals surface area contributed by atoms with Gasteiger partial charge in [0.05, 0.1) is 22.7 Å². The van der Waals surface area contributed by atoms with Crippen LogP contribution in [-0.4, -0.2) is 21.6 Å². The highest BCUT2D eigenvalue weighted by atomic mass is 32.1. The number of rotatable bonds is 3.